The zero-order chi connectivity index (χ0) is 10.0. The van der Waals surface area contributed by atoms with Crippen molar-refractivity contribution in [3.8, 4) is 0 Å². The van der Waals surface area contributed by atoms with E-state index in [9.17, 15) is 5.11 Å². The van der Waals surface area contributed by atoms with Crippen molar-refractivity contribution >= 4 is 10.9 Å². The van der Waals surface area contributed by atoms with E-state index in [0.29, 0.717) is 5.92 Å². The summed E-state index contributed by atoms with van der Waals surface area (Å²) >= 11 is 0. The van der Waals surface area contributed by atoms with Gasteiger partial charge in [0.25, 0.3) is 0 Å². The van der Waals surface area contributed by atoms with E-state index in [4.69, 9.17) is 0 Å². The van der Waals surface area contributed by atoms with Crippen molar-refractivity contribution in [2.75, 3.05) is 0 Å². The number of hydrogen-bond acceptors (Lipinski definition) is 1. The second-order valence-electron chi connectivity index (χ2n) is 5.00. The molecule has 0 unspecified atom stereocenters. The topological polar surface area (TPSA) is 25.2 Å². The van der Waals surface area contributed by atoms with Gasteiger partial charge >= 0.3 is 0 Å². The second-order valence-corrected chi connectivity index (χ2v) is 5.00. The molecule has 2 aliphatic heterocycles. The maximum Gasteiger partial charge on any atom is 0.105 e. The fourth-order valence-corrected chi connectivity index (χ4v) is 3.28. The highest BCUT2D eigenvalue weighted by Crippen LogP contribution is 2.51. The van der Waals surface area contributed by atoms with Crippen molar-refractivity contribution in [2.24, 2.45) is 5.92 Å². The smallest absolute Gasteiger partial charge is 0.105 e. The second kappa shape index (κ2) is 2.27. The molecule has 2 nitrogen and oxygen atoms in total. The molecule has 76 valence electrons. The standard InChI is InChI=1S/C13H13NO/c15-13-6-9(7-13)8-14-11-4-2-1-3-10(11)5-12(13)14/h1-5,9,15H,6-8H2. The normalized spacial score (nSPS) is 32.5. The fourth-order valence-electron chi connectivity index (χ4n) is 3.28. The third-order valence-corrected chi connectivity index (χ3v) is 3.98. The molecule has 1 aromatic carbocycles. The van der Waals surface area contributed by atoms with E-state index >= 15 is 0 Å². The Balaban J connectivity index is 2.09. The zero-order valence-corrected chi connectivity index (χ0v) is 8.48. The third-order valence-electron chi connectivity index (χ3n) is 3.98. The lowest BCUT2D eigenvalue weighted by Gasteiger charge is -2.49. The van der Waals surface area contributed by atoms with Gasteiger partial charge < -0.3 is 9.67 Å². The average molecular weight is 199 g/mol. The first-order valence-corrected chi connectivity index (χ1v) is 5.57. The highest BCUT2D eigenvalue weighted by molar-refractivity contribution is 5.82. The highest BCUT2D eigenvalue weighted by atomic mass is 16.3. The summed E-state index contributed by atoms with van der Waals surface area (Å²) in [6, 6.07) is 10.6. The van der Waals surface area contributed by atoms with Crippen LogP contribution in [0.25, 0.3) is 10.9 Å². The van der Waals surface area contributed by atoms with Crippen LogP contribution in [0, 0.1) is 5.92 Å². The van der Waals surface area contributed by atoms with Crippen LogP contribution >= 0.6 is 0 Å². The molecule has 3 aliphatic rings. The molecule has 2 bridgehead atoms. The van der Waals surface area contributed by atoms with Crippen molar-refractivity contribution in [1.29, 1.82) is 0 Å². The van der Waals surface area contributed by atoms with Crippen molar-refractivity contribution in [1.82, 2.24) is 4.57 Å². The van der Waals surface area contributed by atoms with Crippen LogP contribution in [0.15, 0.2) is 30.3 Å². The van der Waals surface area contributed by atoms with Crippen molar-refractivity contribution in [3.63, 3.8) is 0 Å². The summed E-state index contributed by atoms with van der Waals surface area (Å²) in [5.74, 6) is 0.693. The summed E-state index contributed by atoms with van der Waals surface area (Å²) in [5, 5.41) is 11.6. The minimum absolute atomic E-state index is 0.512. The van der Waals surface area contributed by atoms with E-state index in [-0.39, 0.29) is 0 Å². The molecule has 2 heteroatoms. The largest absolute Gasteiger partial charge is 0.384 e. The molecular formula is C13H13NO. The Bertz CT molecular complexity index is 549. The molecule has 0 atom stereocenters. The molecule has 3 heterocycles. The van der Waals surface area contributed by atoms with E-state index in [0.717, 1.165) is 25.1 Å². The Morgan fingerprint density at radius 1 is 1.27 bits per heavy atom. The first-order chi connectivity index (χ1) is 7.26. The van der Waals surface area contributed by atoms with E-state index in [1.54, 1.807) is 0 Å². The maximum atomic E-state index is 10.4. The Hall–Kier alpha value is -1.28. The van der Waals surface area contributed by atoms with Gasteiger partial charge in [-0.05, 0) is 36.3 Å². The first kappa shape index (κ1) is 7.94. The van der Waals surface area contributed by atoms with Crippen LogP contribution < -0.4 is 0 Å². The van der Waals surface area contributed by atoms with Crippen LogP contribution in [-0.2, 0) is 12.1 Å². The Labute approximate surface area is 88.1 Å². The van der Waals surface area contributed by atoms with Gasteiger partial charge in [-0.25, -0.2) is 0 Å². The van der Waals surface area contributed by atoms with Gasteiger partial charge in [0.15, 0.2) is 0 Å². The SMILES string of the molecule is OC12CC(Cn3c1cc1ccccc13)C2. The molecule has 1 aromatic heterocycles. The number of aliphatic hydroxyl groups is 1. The Kier molecular flexibility index (Phi) is 1.20. The summed E-state index contributed by atoms with van der Waals surface area (Å²) in [4.78, 5) is 0. The van der Waals surface area contributed by atoms with Gasteiger partial charge in [0.1, 0.15) is 5.60 Å². The fraction of sp³-hybridized carbons (Fsp3) is 0.385. The molecule has 1 aliphatic carbocycles. The number of para-hydroxylation sites is 1. The van der Waals surface area contributed by atoms with Gasteiger partial charge in [-0.3, -0.25) is 0 Å². The lowest BCUT2D eigenvalue weighted by atomic mass is 9.66. The van der Waals surface area contributed by atoms with E-state index in [1.165, 1.54) is 10.9 Å². The molecule has 0 spiro atoms. The number of nitrogens with zero attached hydrogens (tertiary/aromatic N) is 1. The molecule has 15 heavy (non-hydrogen) atoms. The van der Waals surface area contributed by atoms with Crippen LogP contribution in [0.3, 0.4) is 0 Å². The minimum atomic E-state index is -0.512. The average Bonchev–Trinajstić information content (AvgIpc) is 2.57. The number of benzene rings is 1. The van der Waals surface area contributed by atoms with Crippen molar-refractivity contribution < 1.29 is 5.11 Å². The summed E-state index contributed by atoms with van der Waals surface area (Å²) in [5.41, 5.74) is 1.89. The van der Waals surface area contributed by atoms with Crippen LogP contribution in [0.2, 0.25) is 0 Å². The van der Waals surface area contributed by atoms with Crippen LogP contribution in [0.1, 0.15) is 18.5 Å². The van der Waals surface area contributed by atoms with Gasteiger partial charge in [0.2, 0.25) is 0 Å². The quantitative estimate of drug-likeness (QED) is 0.691. The Morgan fingerprint density at radius 3 is 2.93 bits per heavy atom. The summed E-state index contributed by atoms with van der Waals surface area (Å²) < 4.78 is 2.30. The number of fused-ring (bicyclic) bond motifs is 1. The monoisotopic (exact) mass is 199 g/mol. The van der Waals surface area contributed by atoms with Gasteiger partial charge in [-0.1, -0.05) is 18.2 Å². The van der Waals surface area contributed by atoms with Crippen molar-refractivity contribution in [3.05, 3.63) is 36.0 Å². The van der Waals surface area contributed by atoms with E-state index in [2.05, 4.69) is 34.9 Å². The number of aromatic nitrogens is 1. The van der Waals surface area contributed by atoms with Crippen LogP contribution in [0.5, 0.6) is 0 Å². The minimum Gasteiger partial charge on any atom is -0.384 e. The summed E-state index contributed by atoms with van der Waals surface area (Å²) in [6.45, 7) is 1.09. The van der Waals surface area contributed by atoms with Gasteiger partial charge in [-0.15, -0.1) is 0 Å². The van der Waals surface area contributed by atoms with Gasteiger partial charge in [-0.2, -0.15) is 0 Å². The molecule has 5 rings (SSSR count). The third kappa shape index (κ3) is 0.840. The molecule has 2 aromatic rings. The lowest BCUT2D eigenvalue weighted by Crippen LogP contribution is -2.49. The molecule has 1 fully saturated rings. The van der Waals surface area contributed by atoms with E-state index in [1.807, 2.05) is 0 Å². The molecule has 1 N–H and O–H groups in total. The lowest BCUT2D eigenvalue weighted by molar-refractivity contribution is -0.109. The van der Waals surface area contributed by atoms with Crippen LogP contribution in [0.4, 0.5) is 0 Å². The predicted octanol–water partition coefficient (Wildman–Crippen LogP) is 2.25. The van der Waals surface area contributed by atoms with Gasteiger partial charge in [0, 0.05) is 12.1 Å². The highest BCUT2D eigenvalue weighted by Gasteiger charge is 2.49. The van der Waals surface area contributed by atoms with Gasteiger partial charge in [0.05, 0.1) is 5.69 Å². The molecule has 0 amide bonds. The summed E-state index contributed by atoms with van der Waals surface area (Å²) in [6.07, 6.45) is 1.92. The van der Waals surface area contributed by atoms with Crippen LogP contribution in [-0.4, -0.2) is 9.67 Å². The predicted molar refractivity (Wildman–Crippen MR) is 58.6 cm³/mol. The molecule has 1 saturated carbocycles. The first-order valence-electron chi connectivity index (χ1n) is 5.57. The zero-order valence-electron chi connectivity index (χ0n) is 8.48. The number of rotatable bonds is 0. The molecule has 0 radical (unpaired) electrons. The summed E-state index contributed by atoms with van der Waals surface area (Å²) in [7, 11) is 0. The van der Waals surface area contributed by atoms with E-state index < -0.39 is 5.60 Å². The van der Waals surface area contributed by atoms with Crippen molar-refractivity contribution in [2.45, 2.75) is 25.0 Å². The number of hydrogen-bond donors (Lipinski definition) is 1. The Morgan fingerprint density at radius 2 is 2.07 bits per heavy atom. The maximum absolute atomic E-state index is 10.4. The molecular weight excluding hydrogens is 186 g/mol. The molecule has 0 saturated heterocycles.